The van der Waals surface area contributed by atoms with Gasteiger partial charge in [0.05, 0.1) is 7.11 Å². The predicted octanol–water partition coefficient (Wildman–Crippen LogP) is 3.28. The van der Waals surface area contributed by atoms with Crippen LogP contribution in [-0.2, 0) is 6.54 Å². The van der Waals surface area contributed by atoms with Crippen molar-refractivity contribution in [2.24, 2.45) is 5.92 Å². The molecule has 1 N–H and O–H groups in total. The van der Waals surface area contributed by atoms with Crippen molar-refractivity contribution in [2.45, 2.75) is 26.3 Å². The summed E-state index contributed by atoms with van der Waals surface area (Å²) in [6, 6.07) is 6.20. The number of nitrogens with one attached hydrogen (secondary N) is 1. The van der Waals surface area contributed by atoms with Crippen LogP contribution in [0.2, 0.25) is 0 Å². The molecule has 1 atom stereocenters. The van der Waals surface area contributed by atoms with E-state index >= 15 is 0 Å². The number of piperidine rings is 1. The molecule has 0 saturated carbocycles. The van der Waals surface area contributed by atoms with Gasteiger partial charge in [0, 0.05) is 17.6 Å². The van der Waals surface area contributed by atoms with E-state index in [4.69, 9.17) is 4.74 Å². The first-order chi connectivity index (χ1) is 9.72. The first-order valence-corrected chi connectivity index (χ1v) is 8.27. The zero-order valence-electron chi connectivity index (χ0n) is 12.5. The molecule has 0 bridgehead atoms. The number of hydrogen-bond acceptors (Lipinski definition) is 3. The summed E-state index contributed by atoms with van der Waals surface area (Å²) in [4.78, 5) is 2.52. The van der Waals surface area contributed by atoms with Crippen LogP contribution in [0.25, 0.3) is 0 Å². The minimum Gasteiger partial charge on any atom is -0.497 e. The van der Waals surface area contributed by atoms with Crippen molar-refractivity contribution >= 4 is 15.9 Å². The largest absolute Gasteiger partial charge is 0.497 e. The molecular formula is C16H25BrN2O. The van der Waals surface area contributed by atoms with Crippen molar-refractivity contribution in [1.82, 2.24) is 10.2 Å². The molecule has 1 fully saturated rings. The van der Waals surface area contributed by atoms with Crippen molar-refractivity contribution in [3.8, 4) is 5.75 Å². The van der Waals surface area contributed by atoms with E-state index in [1.807, 2.05) is 6.07 Å². The van der Waals surface area contributed by atoms with Gasteiger partial charge in [0.2, 0.25) is 0 Å². The molecule has 20 heavy (non-hydrogen) atoms. The topological polar surface area (TPSA) is 24.5 Å². The molecule has 1 aromatic rings. The fourth-order valence-corrected chi connectivity index (χ4v) is 3.16. The van der Waals surface area contributed by atoms with Gasteiger partial charge in [-0.1, -0.05) is 22.9 Å². The number of hydrogen-bond donors (Lipinski definition) is 1. The monoisotopic (exact) mass is 340 g/mol. The molecule has 1 heterocycles. The van der Waals surface area contributed by atoms with Gasteiger partial charge in [-0.15, -0.1) is 0 Å². The highest BCUT2D eigenvalue weighted by Gasteiger charge is 2.17. The van der Waals surface area contributed by atoms with Gasteiger partial charge in [-0.3, -0.25) is 4.90 Å². The van der Waals surface area contributed by atoms with Gasteiger partial charge in [0.1, 0.15) is 5.75 Å². The van der Waals surface area contributed by atoms with Crippen LogP contribution in [0.3, 0.4) is 0 Å². The lowest BCUT2D eigenvalue weighted by Gasteiger charge is -2.29. The van der Waals surface area contributed by atoms with Gasteiger partial charge in [-0.05, 0) is 62.2 Å². The third-order valence-corrected chi connectivity index (χ3v) is 4.78. The Hall–Kier alpha value is -0.580. The smallest absolute Gasteiger partial charge is 0.119 e. The average Bonchev–Trinajstić information content (AvgIpc) is 2.49. The van der Waals surface area contributed by atoms with Gasteiger partial charge in [-0.2, -0.15) is 0 Å². The minimum absolute atomic E-state index is 0.785. The summed E-state index contributed by atoms with van der Waals surface area (Å²) in [7, 11) is 1.72. The Balaban J connectivity index is 1.98. The highest BCUT2D eigenvalue weighted by molar-refractivity contribution is 9.10. The molecule has 1 aliphatic heterocycles. The standard InChI is InChI=1S/C16H25BrN2O/c1-3-19(11-13-5-4-8-18-10-13)12-14-9-15(20-2)6-7-16(14)17/h6-7,9,13,18H,3-5,8,10-12H2,1-2H3. The Bertz CT molecular complexity index is 419. The van der Waals surface area contributed by atoms with E-state index in [0.717, 1.165) is 31.3 Å². The fraction of sp³-hybridized carbons (Fsp3) is 0.625. The van der Waals surface area contributed by atoms with Crippen LogP contribution < -0.4 is 10.1 Å². The second kappa shape index (κ2) is 8.01. The highest BCUT2D eigenvalue weighted by atomic mass is 79.9. The number of nitrogens with zero attached hydrogens (tertiary/aromatic N) is 1. The Morgan fingerprint density at radius 2 is 2.30 bits per heavy atom. The molecule has 2 rings (SSSR count). The molecule has 0 aromatic heterocycles. The molecule has 112 valence electrons. The number of rotatable bonds is 6. The third kappa shape index (κ3) is 4.47. The Labute approximate surface area is 130 Å². The van der Waals surface area contributed by atoms with Crippen LogP contribution in [0.5, 0.6) is 5.75 Å². The second-order valence-electron chi connectivity index (χ2n) is 5.50. The van der Waals surface area contributed by atoms with Crippen molar-refractivity contribution < 1.29 is 4.74 Å². The van der Waals surface area contributed by atoms with E-state index in [9.17, 15) is 0 Å². The molecular weight excluding hydrogens is 316 g/mol. The van der Waals surface area contributed by atoms with E-state index in [1.54, 1.807) is 7.11 Å². The summed E-state index contributed by atoms with van der Waals surface area (Å²) in [6.07, 6.45) is 2.66. The van der Waals surface area contributed by atoms with Crippen LogP contribution in [0.4, 0.5) is 0 Å². The Morgan fingerprint density at radius 1 is 1.45 bits per heavy atom. The van der Waals surface area contributed by atoms with E-state index < -0.39 is 0 Å². The van der Waals surface area contributed by atoms with E-state index in [2.05, 4.69) is 45.2 Å². The molecule has 0 aliphatic carbocycles. The maximum absolute atomic E-state index is 5.33. The SMILES string of the molecule is CCN(Cc1cc(OC)ccc1Br)CC1CCCNC1. The quantitative estimate of drug-likeness (QED) is 0.859. The molecule has 4 heteroatoms. The van der Waals surface area contributed by atoms with Crippen LogP contribution in [0.1, 0.15) is 25.3 Å². The van der Waals surface area contributed by atoms with Gasteiger partial charge in [-0.25, -0.2) is 0 Å². The van der Waals surface area contributed by atoms with Gasteiger partial charge in [0.15, 0.2) is 0 Å². The minimum atomic E-state index is 0.785. The summed E-state index contributed by atoms with van der Waals surface area (Å²) in [5.41, 5.74) is 1.30. The lowest BCUT2D eigenvalue weighted by molar-refractivity contribution is 0.209. The average molecular weight is 341 g/mol. The Morgan fingerprint density at radius 3 is 2.95 bits per heavy atom. The fourth-order valence-electron chi connectivity index (χ4n) is 2.79. The van der Waals surface area contributed by atoms with Gasteiger partial charge >= 0.3 is 0 Å². The van der Waals surface area contributed by atoms with Crippen LogP contribution >= 0.6 is 15.9 Å². The van der Waals surface area contributed by atoms with Crippen LogP contribution in [-0.4, -0.2) is 38.2 Å². The predicted molar refractivity (Wildman–Crippen MR) is 87.2 cm³/mol. The van der Waals surface area contributed by atoms with Crippen molar-refractivity contribution in [2.75, 3.05) is 33.3 Å². The van der Waals surface area contributed by atoms with E-state index in [1.165, 1.54) is 36.0 Å². The lowest BCUT2D eigenvalue weighted by atomic mass is 9.99. The van der Waals surface area contributed by atoms with E-state index in [-0.39, 0.29) is 0 Å². The number of methoxy groups -OCH3 is 1. The van der Waals surface area contributed by atoms with Crippen LogP contribution in [0, 0.1) is 5.92 Å². The summed E-state index contributed by atoms with van der Waals surface area (Å²) in [5, 5.41) is 3.50. The van der Waals surface area contributed by atoms with Gasteiger partial charge in [0.25, 0.3) is 0 Å². The number of halogens is 1. The molecule has 0 amide bonds. The molecule has 1 unspecified atom stereocenters. The van der Waals surface area contributed by atoms with Gasteiger partial charge < -0.3 is 10.1 Å². The number of ether oxygens (including phenoxy) is 1. The molecule has 1 aliphatic rings. The zero-order chi connectivity index (χ0) is 14.4. The molecule has 0 radical (unpaired) electrons. The molecule has 0 spiro atoms. The van der Waals surface area contributed by atoms with Crippen molar-refractivity contribution in [3.63, 3.8) is 0 Å². The zero-order valence-corrected chi connectivity index (χ0v) is 14.1. The summed E-state index contributed by atoms with van der Waals surface area (Å²) in [6.45, 7) is 7.82. The third-order valence-electron chi connectivity index (χ3n) is 4.01. The first kappa shape index (κ1) is 15.8. The van der Waals surface area contributed by atoms with E-state index in [0.29, 0.717) is 0 Å². The summed E-state index contributed by atoms with van der Waals surface area (Å²) >= 11 is 3.65. The normalized spacial score (nSPS) is 19.3. The summed E-state index contributed by atoms with van der Waals surface area (Å²) < 4.78 is 6.49. The van der Waals surface area contributed by atoms with Crippen molar-refractivity contribution in [3.05, 3.63) is 28.2 Å². The van der Waals surface area contributed by atoms with Crippen molar-refractivity contribution in [1.29, 1.82) is 0 Å². The second-order valence-corrected chi connectivity index (χ2v) is 6.35. The molecule has 1 saturated heterocycles. The summed E-state index contributed by atoms with van der Waals surface area (Å²) in [5.74, 6) is 1.71. The first-order valence-electron chi connectivity index (χ1n) is 7.48. The highest BCUT2D eigenvalue weighted by Crippen LogP contribution is 2.24. The molecule has 1 aromatic carbocycles. The number of benzene rings is 1. The Kier molecular flexibility index (Phi) is 6.33. The maximum Gasteiger partial charge on any atom is 0.119 e. The lowest BCUT2D eigenvalue weighted by Crippen LogP contribution is -2.38. The maximum atomic E-state index is 5.33. The van der Waals surface area contributed by atoms with Crippen LogP contribution in [0.15, 0.2) is 22.7 Å². The molecule has 3 nitrogen and oxygen atoms in total.